The molecule has 0 radical (unpaired) electrons. The molecule has 1 atom stereocenters. The van der Waals surface area contributed by atoms with Gasteiger partial charge < -0.3 is 4.98 Å². The predicted molar refractivity (Wildman–Crippen MR) is 99.0 cm³/mol. The van der Waals surface area contributed by atoms with Crippen molar-refractivity contribution in [1.29, 1.82) is 0 Å². The molecule has 0 fully saturated rings. The Hall–Kier alpha value is -2.49. The molecule has 25 heavy (non-hydrogen) atoms. The molecule has 0 saturated heterocycles. The molecule has 0 saturated carbocycles. The second-order valence-corrected chi connectivity index (χ2v) is 7.61. The highest BCUT2D eigenvalue weighted by molar-refractivity contribution is 5.59. The Kier molecular flexibility index (Phi) is 4.98. The number of H-pyrrole nitrogens is 1. The van der Waals surface area contributed by atoms with Gasteiger partial charge in [-0.05, 0) is 29.5 Å². The maximum atomic E-state index is 14.6. The maximum Gasteiger partial charge on any atom is 0.161 e. The van der Waals surface area contributed by atoms with Gasteiger partial charge >= 0.3 is 0 Å². The highest BCUT2D eigenvalue weighted by Crippen LogP contribution is 2.24. The first-order valence-electron chi connectivity index (χ1n) is 8.59. The van der Waals surface area contributed by atoms with Gasteiger partial charge in [0.15, 0.2) is 6.17 Å². The number of pyridine rings is 1. The lowest BCUT2D eigenvalue weighted by atomic mass is 9.91. The molecule has 4 heteroatoms. The van der Waals surface area contributed by atoms with E-state index in [1.54, 1.807) is 12.4 Å². The van der Waals surface area contributed by atoms with Crippen molar-refractivity contribution in [3.05, 3.63) is 71.9 Å². The van der Waals surface area contributed by atoms with Gasteiger partial charge in [-0.1, -0.05) is 51.1 Å². The second-order valence-electron chi connectivity index (χ2n) is 7.61. The van der Waals surface area contributed by atoms with E-state index in [1.165, 1.54) is 0 Å². The highest BCUT2D eigenvalue weighted by Gasteiger charge is 2.17. The summed E-state index contributed by atoms with van der Waals surface area (Å²) in [4.78, 5) is 11.7. The van der Waals surface area contributed by atoms with Crippen molar-refractivity contribution >= 4 is 0 Å². The summed E-state index contributed by atoms with van der Waals surface area (Å²) in [5, 5.41) is 0. The lowest BCUT2D eigenvalue weighted by Crippen LogP contribution is -2.09. The van der Waals surface area contributed by atoms with Crippen molar-refractivity contribution in [2.45, 2.75) is 39.8 Å². The van der Waals surface area contributed by atoms with Crippen LogP contribution in [-0.2, 0) is 12.8 Å². The molecule has 1 N–H and O–H groups in total. The zero-order chi connectivity index (χ0) is 17.9. The van der Waals surface area contributed by atoms with Crippen LogP contribution < -0.4 is 0 Å². The van der Waals surface area contributed by atoms with E-state index in [9.17, 15) is 4.39 Å². The number of hydrogen-bond acceptors (Lipinski definition) is 2. The highest BCUT2D eigenvalue weighted by atomic mass is 19.1. The first-order valence-corrected chi connectivity index (χ1v) is 8.59. The lowest BCUT2D eigenvalue weighted by Gasteiger charge is -2.16. The first kappa shape index (κ1) is 17.3. The van der Waals surface area contributed by atoms with Gasteiger partial charge in [0.2, 0.25) is 0 Å². The van der Waals surface area contributed by atoms with Crippen molar-refractivity contribution < 1.29 is 4.39 Å². The number of alkyl halides is 1. The minimum absolute atomic E-state index is 0.150. The molecule has 3 nitrogen and oxygen atoms in total. The van der Waals surface area contributed by atoms with Gasteiger partial charge in [-0.15, -0.1) is 0 Å². The van der Waals surface area contributed by atoms with E-state index in [0.717, 1.165) is 28.9 Å². The van der Waals surface area contributed by atoms with Gasteiger partial charge in [0.05, 0.1) is 5.69 Å². The Morgan fingerprint density at radius 3 is 2.44 bits per heavy atom. The number of rotatable bonds is 5. The number of imidazole rings is 1. The van der Waals surface area contributed by atoms with Crippen molar-refractivity contribution in [3.8, 4) is 11.3 Å². The van der Waals surface area contributed by atoms with Crippen LogP contribution in [0.5, 0.6) is 0 Å². The number of halogens is 1. The molecule has 0 bridgehead atoms. The molecule has 0 amide bonds. The third-order valence-corrected chi connectivity index (χ3v) is 4.00. The third-order valence-electron chi connectivity index (χ3n) is 4.00. The van der Waals surface area contributed by atoms with Gasteiger partial charge in [0, 0.05) is 30.1 Å². The average Bonchev–Trinajstić information content (AvgIpc) is 3.03. The topological polar surface area (TPSA) is 41.6 Å². The van der Waals surface area contributed by atoms with Gasteiger partial charge in [-0.25, -0.2) is 9.37 Å². The molecular weight excluding hydrogens is 313 g/mol. The molecule has 2 aromatic heterocycles. The van der Waals surface area contributed by atoms with E-state index in [-0.39, 0.29) is 5.41 Å². The molecule has 3 rings (SSSR count). The van der Waals surface area contributed by atoms with Crippen LogP contribution in [0.25, 0.3) is 11.3 Å². The second kappa shape index (κ2) is 7.18. The summed E-state index contributed by atoms with van der Waals surface area (Å²) >= 11 is 0. The van der Waals surface area contributed by atoms with Crippen LogP contribution in [0.15, 0.2) is 54.9 Å². The van der Waals surface area contributed by atoms with Crippen molar-refractivity contribution in [2.24, 2.45) is 5.41 Å². The van der Waals surface area contributed by atoms with Crippen LogP contribution in [0.4, 0.5) is 4.39 Å². The van der Waals surface area contributed by atoms with E-state index >= 15 is 0 Å². The summed E-state index contributed by atoms with van der Waals surface area (Å²) in [7, 11) is 0. The normalized spacial score (nSPS) is 13.0. The minimum atomic E-state index is -1.13. The van der Waals surface area contributed by atoms with Gasteiger partial charge in [-0.2, -0.15) is 0 Å². The first-order chi connectivity index (χ1) is 11.9. The van der Waals surface area contributed by atoms with Crippen molar-refractivity contribution in [2.75, 3.05) is 0 Å². The lowest BCUT2D eigenvalue weighted by molar-refractivity contribution is 0.326. The van der Waals surface area contributed by atoms with Crippen molar-refractivity contribution in [1.82, 2.24) is 15.0 Å². The van der Waals surface area contributed by atoms with Crippen LogP contribution in [0.1, 0.15) is 44.0 Å². The van der Waals surface area contributed by atoms with Crippen molar-refractivity contribution in [3.63, 3.8) is 0 Å². The molecule has 3 aromatic rings. The predicted octanol–water partition coefficient (Wildman–Crippen LogP) is 5.31. The van der Waals surface area contributed by atoms with E-state index in [4.69, 9.17) is 0 Å². The Labute approximate surface area is 148 Å². The minimum Gasteiger partial charge on any atom is -0.343 e. The van der Waals surface area contributed by atoms with Gasteiger partial charge in [0.1, 0.15) is 5.82 Å². The quantitative estimate of drug-likeness (QED) is 0.685. The zero-order valence-corrected chi connectivity index (χ0v) is 15.0. The van der Waals surface area contributed by atoms with Crippen LogP contribution in [-0.4, -0.2) is 15.0 Å². The number of nitrogens with zero attached hydrogens (tertiary/aromatic N) is 2. The number of aromatic amines is 1. The number of aromatic nitrogens is 3. The summed E-state index contributed by atoms with van der Waals surface area (Å²) in [6, 6.07) is 13.7. The largest absolute Gasteiger partial charge is 0.343 e. The van der Waals surface area contributed by atoms with E-state index < -0.39 is 6.17 Å². The van der Waals surface area contributed by atoms with Gasteiger partial charge in [-0.3, -0.25) is 4.98 Å². The van der Waals surface area contributed by atoms with E-state index in [2.05, 4.69) is 35.7 Å². The Balaban J connectivity index is 1.66. The number of benzene rings is 1. The number of hydrogen-bond donors (Lipinski definition) is 1. The molecule has 130 valence electrons. The van der Waals surface area contributed by atoms with E-state index in [0.29, 0.717) is 12.2 Å². The van der Waals surface area contributed by atoms with Crippen LogP contribution in [0.3, 0.4) is 0 Å². The molecule has 1 aromatic carbocycles. The van der Waals surface area contributed by atoms with Crippen LogP contribution >= 0.6 is 0 Å². The molecule has 0 aliphatic carbocycles. The summed E-state index contributed by atoms with van der Waals surface area (Å²) in [5.41, 5.74) is 4.03. The Morgan fingerprint density at radius 1 is 1.04 bits per heavy atom. The average molecular weight is 337 g/mol. The summed E-state index contributed by atoms with van der Waals surface area (Å²) in [5.74, 6) is 0.410. The zero-order valence-electron chi connectivity index (χ0n) is 15.0. The molecule has 0 aliphatic rings. The monoisotopic (exact) mass is 337 g/mol. The molecular formula is C21H24FN3. The number of nitrogens with one attached hydrogen (secondary N) is 1. The fraction of sp³-hybridized carbons (Fsp3) is 0.333. The van der Waals surface area contributed by atoms with Crippen LogP contribution in [0.2, 0.25) is 0 Å². The Morgan fingerprint density at radius 2 is 1.80 bits per heavy atom. The molecule has 2 heterocycles. The summed E-state index contributed by atoms with van der Waals surface area (Å²) in [6.45, 7) is 6.47. The fourth-order valence-electron chi connectivity index (χ4n) is 2.85. The van der Waals surface area contributed by atoms with Gasteiger partial charge in [0.25, 0.3) is 0 Å². The maximum absolute atomic E-state index is 14.6. The smallest absolute Gasteiger partial charge is 0.161 e. The summed E-state index contributed by atoms with van der Waals surface area (Å²) < 4.78 is 14.6. The van der Waals surface area contributed by atoms with Crippen LogP contribution in [0, 0.1) is 5.41 Å². The fourth-order valence-corrected chi connectivity index (χ4v) is 2.85. The summed E-state index contributed by atoms with van der Waals surface area (Å²) in [6.07, 6.45) is 3.55. The van der Waals surface area contributed by atoms with E-state index in [1.807, 2.05) is 42.5 Å². The molecule has 0 spiro atoms. The Bertz CT molecular complexity index is 801. The molecule has 0 aliphatic heterocycles. The standard InChI is InChI=1S/C21H24FN3/c1-21(2,3)13-17-14-24-20(25-17)18(22)12-15-7-9-16(10-8-15)19-6-4-5-11-23-19/h4-11,14,18H,12-13H2,1-3H3,(H,24,25). The third kappa shape index (κ3) is 4.75. The molecule has 1 unspecified atom stereocenters. The SMILES string of the molecule is CC(C)(C)Cc1cnc(C(F)Cc2ccc(-c3ccccn3)cc2)[nH]1.